The van der Waals surface area contributed by atoms with Crippen molar-refractivity contribution >= 4 is 46.3 Å². The van der Waals surface area contributed by atoms with Gasteiger partial charge in [-0.15, -0.1) is 0 Å². The van der Waals surface area contributed by atoms with Crippen LogP contribution in [-0.4, -0.2) is 58.1 Å². The Morgan fingerprint density at radius 1 is 1.21 bits per heavy atom. The number of nitrogens with zero attached hydrogens (tertiary/aromatic N) is 3. The molecule has 0 N–H and O–H groups in total. The third kappa shape index (κ3) is 5.13. The molecule has 0 spiro atoms. The van der Waals surface area contributed by atoms with Crippen LogP contribution in [0.4, 0.5) is 0 Å². The zero-order valence-electron chi connectivity index (χ0n) is 18.7. The van der Waals surface area contributed by atoms with E-state index in [1.165, 1.54) is 29.6 Å². The number of esters is 1. The SMILES string of the molecule is CCOC(=O)/C=C1/SCC(=O)N1CCSc1nc2ccccc2c(=O)n1-c1cccc(OC)c1. The van der Waals surface area contributed by atoms with Crippen LogP contribution in [0.2, 0.25) is 0 Å². The summed E-state index contributed by atoms with van der Waals surface area (Å²) in [4.78, 5) is 43.9. The number of methoxy groups -OCH3 is 1. The number of benzene rings is 2. The van der Waals surface area contributed by atoms with Crippen LogP contribution in [0.1, 0.15) is 6.92 Å². The van der Waals surface area contributed by atoms with E-state index >= 15 is 0 Å². The lowest BCUT2D eigenvalue weighted by Gasteiger charge is -2.18. The minimum atomic E-state index is -0.472. The molecule has 1 amide bonds. The van der Waals surface area contributed by atoms with Crippen molar-refractivity contribution in [1.82, 2.24) is 14.5 Å². The summed E-state index contributed by atoms with van der Waals surface area (Å²) in [7, 11) is 1.57. The van der Waals surface area contributed by atoms with Gasteiger partial charge in [-0.1, -0.05) is 41.7 Å². The lowest BCUT2D eigenvalue weighted by atomic mass is 10.2. The first-order valence-electron chi connectivity index (χ1n) is 10.6. The summed E-state index contributed by atoms with van der Waals surface area (Å²) in [6.07, 6.45) is 1.35. The number of fused-ring (bicyclic) bond motifs is 1. The van der Waals surface area contributed by atoms with E-state index < -0.39 is 5.97 Å². The third-order valence-electron chi connectivity index (χ3n) is 5.04. The van der Waals surface area contributed by atoms with Crippen molar-refractivity contribution in [3.05, 3.63) is 70.0 Å². The van der Waals surface area contributed by atoms with E-state index in [-0.39, 0.29) is 23.8 Å². The minimum absolute atomic E-state index is 0.0715. The van der Waals surface area contributed by atoms with Gasteiger partial charge in [0.2, 0.25) is 5.91 Å². The van der Waals surface area contributed by atoms with E-state index in [4.69, 9.17) is 14.5 Å². The summed E-state index contributed by atoms with van der Waals surface area (Å²) in [6.45, 7) is 2.37. The lowest BCUT2D eigenvalue weighted by Crippen LogP contribution is -2.28. The zero-order chi connectivity index (χ0) is 24.1. The van der Waals surface area contributed by atoms with Gasteiger partial charge in [-0.05, 0) is 31.2 Å². The summed E-state index contributed by atoms with van der Waals surface area (Å²) in [5, 5.41) is 1.59. The van der Waals surface area contributed by atoms with Crippen LogP contribution in [0, 0.1) is 0 Å². The van der Waals surface area contributed by atoms with E-state index in [0.29, 0.717) is 44.8 Å². The molecule has 0 aliphatic carbocycles. The maximum atomic E-state index is 13.4. The lowest BCUT2D eigenvalue weighted by molar-refractivity contribution is -0.137. The fourth-order valence-electron chi connectivity index (χ4n) is 3.47. The number of hydrogen-bond acceptors (Lipinski definition) is 8. The molecule has 34 heavy (non-hydrogen) atoms. The van der Waals surface area contributed by atoms with Crippen molar-refractivity contribution < 1.29 is 19.1 Å². The van der Waals surface area contributed by atoms with Gasteiger partial charge in [0.15, 0.2) is 5.16 Å². The highest BCUT2D eigenvalue weighted by Crippen LogP contribution is 2.30. The average molecular weight is 498 g/mol. The highest BCUT2D eigenvalue weighted by atomic mass is 32.2. The fourth-order valence-corrected chi connectivity index (χ4v) is 5.36. The number of ether oxygens (including phenoxy) is 2. The average Bonchev–Trinajstić information content (AvgIpc) is 3.18. The number of thioether (sulfide) groups is 2. The zero-order valence-corrected chi connectivity index (χ0v) is 20.4. The molecule has 0 saturated carbocycles. The molecule has 3 aromatic rings. The first-order valence-corrected chi connectivity index (χ1v) is 12.6. The minimum Gasteiger partial charge on any atom is -0.497 e. The summed E-state index contributed by atoms with van der Waals surface area (Å²) >= 11 is 2.68. The van der Waals surface area contributed by atoms with Crippen molar-refractivity contribution in [3.63, 3.8) is 0 Å². The number of para-hydroxylation sites is 1. The number of aromatic nitrogens is 2. The van der Waals surface area contributed by atoms with Gasteiger partial charge in [0, 0.05) is 18.4 Å². The Kier molecular flexibility index (Phi) is 7.59. The predicted molar refractivity (Wildman–Crippen MR) is 134 cm³/mol. The van der Waals surface area contributed by atoms with E-state index in [1.807, 2.05) is 30.3 Å². The van der Waals surface area contributed by atoms with Crippen LogP contribution in [0.5, 0.6) is 5.75 Å². The molecule has 1 aromatic heterocycles. The second kappa shape index (κ2) is 10.8. The Morgan fingerprint density at radius 2 is 2.03 bits per heavy atom. The number of carbonyl (C=O) groups excluding carboxylic acids is 2. The van der Waals surface area contributed by atoms with Crippen molar-refractivity contribution in [1.29, 1.82) is 0 Å². The highest BCUT2D eigenvalue weighted by molar-refractivity contribution is 8.04. The molecule has 0 radical (unpaired) electrons. The first kappa shape index (κ1) is 23.9. The Labute approximate surface area is 204 Å². The first-order chi connectivity index (χ1) is 16.5. The molecule has 176 valence electrons. The number of hydrogen-bond donors (Lipinski definition) is 0. The van der Waals surface area contributed by atoms with Crippen molar-refractivity contribution in [2.75, 3.05) is 31.8 Å². The molecule has 1 saturated heterocycles. The second-order valence-corrected chi connectivity index (χ2v) is 9.23. The Balaban J connectivity index is 1.63. The van der Waals surface area contributed by atoms with Gasteiger partial charge in [0.1, 0.15) is 5.75 Å². The summed E-state index contributed by atoms with van der Waals surface area (Å²) < 4.78 is 11.9. The predicted octanol–water partition coefficient (Wildman–Crippen LogP) is 3.47. The van der Waals surface area contributed by atoms with Crippen LogP contribution < -0.4 is 10.3 Å². The highest BCUT2D eigenvalue weighted by Gasteiger charge is 2.27. The molecule has 2 heterocycles. The third-order valence-corrected chi connectivity index (χ3v) is 6.99. The summed E-state index contributed by atoms with van der Waals surface area (Å²) in [5.41, 5.74) is 1.06. The van der Waals surface area contributed by atoms with E-state index in [2.05, 4.69) is 0 Å². The normalized spacial score (nSPS) is 14.7. The number of carbonyl (C=O) groups is 2. The molecule has 8 nitrogen and oxygen atoms in total. The van der Waals surface area contributed by atoms with Gasteiger partial charge in [0.05, 0.1) is 47.2 Å². The van der Waals surface area contributed by atoms with E-state index in [1.54, 1.807) is 41.7 Å². The quantitative estimate of drug-likeness (QED) is 0.202. The van der Waals surface area contributed by atoms with Crippen LogP contribution in [-0.2, 0) is 14.3 Å². The van der Waals surface area contributed by atoms with Gasteiger partial charge in [0.25, 0.3) is 5.56 Å². The van der Waals surface area contributed by atoms with Gasteiger partial charge in [-0.2, -0.15) is 0 Å². The van der Waals surface area contributed by atoms with Crippen LogP contribution >= 0.6 is 23.5 Å². The Bertz CT molecular complexity index is 1320. The molecule has 1 aliphatic heterocycles. The Morgan fingerprint density at radius 3 is 2.82 bits per heavy atom. The molecule has 4 rings (SSSR count). The number of rotatable bonds is 8. The molecule has 0 atom stereocenters. The molecule has 1 fully saturated rings. The molecule has 1 aliphatic rings. The van der Waals surface area contributed by atoms with Gasteiger partial charge < -0.3 is 14.4 Å². The fraction of sp³-hybridized carbons (Fsp3) is 0.250. The van der Waals surface area contributed by atoms with Gasteiger partial charge in [-0.3, -0.25) is 14.2 Å². The molecule has 0 bridgehead atoms. The maximum Gasteiger partial charge on any atom is 0.333 e. The molecule has 2 aromatic carbocycles. The molecular weight excluding hydrogens is 474 g/mol. The van der Waals surface area contributed by atoms with Gasteiger partial charge >= 0.3 is 5.97 Å². The van der Waals surface area contributed by atoms with Crippen LogP contribution in [0.15, 0.2) is 69.6 Å². The molecule has 0 unspecified atom stereocenters. The number of amides is 1. The largest absolute Gasteiger partial charge is 0.497 e. The molecule has 10 heteroatoms. The molecular formula is C24H23N3O5S2. The van der Waals surface area contributed by atoms with Crippen molar-refractivity contribution in [3.8, 4) is 11.4 Å². The Hall–Kier alpha value is -3.24. The topological polar surface area (TPSA) is 90.7 Å². The van der Waals surface area contributed by atoms with Crippen LogP contribution in [0.25, 0.3) is 16.6 Å². The standard InChI is InChI=1S/C24H23N3O5S2/c1-3-32-22(29)14-21-26(20(28)15-34-21)11-12-33-24-25-19-10-5-4-9-18(19)23(30)27(24)16-7-6-8-17(13-16)31-2/h4-10,13-14H,3,11-12,15H2,1-2H3/b21-14+. The van der Waals surface area contributed by atoms with E-state index in [0.717, 1.165) is 0 Å². The maximum absolute atomic E-state index is 13.4. The van der Waals surface area contributed by atoms with Crippen molar-refractivity contribution in [2.24, 2.45) is 0 Å². The van der Waals surface area contributed by atoms with Crippen molar-refractivity contribution in [2.45, 2.75) is 12.1 Å². The monoisotopic (exact) mass is 497 g/mol. The van der Waals surface area contributed by atoms with Crippen LogP contribution in [0.3, 0.4) is 0 Å². The summed E-state index contributed by atoms with van der Waals surface area (Å²) in [5.74, 6) is 0.833. The summed E-state index contributed by atoms with van der Waals surface area (Å²) in [6, 6.07) is 14.4. The van der Waals surface area contributed by atoms with Gasteiger partial charge in [-0.25, -0.2) is 9.78 Å². The van der Waals surface area contributed by atoms with E-state index in [9.17, 15) is 14.4 Å². The second-order valence-electron chi connectivity index (χ2n) is 7.17. The smallest absolute Gasteiger partial charge is 0.333 e.